The lowest BCUT2D eigenvalue weighted by atomic mass is 10.1. The van der Waals surface area contributed by atoms with Crippen molar-refractivity contribution in [3.05, 3.63) is 36.2 Å². The molecule has 3 rings (SSSR count). The molecule has 2 aromatic heterocycles. The van der Waals surface area contributed by atoms with E-state index in [1.54, 1.807) is 25.7 Å². The molecule has 1 aromatic carbocycles. The van der Waals surface area contributed by atoms with Gasteiger partial charge in [-0.1, -0.05) is 0 Å². The maximum atomic E-state index is 5.43. The summed E-state index contributed by atoms with van der Waals surface area (Å²) >= 11 is 1.47. The molecule has 0 unspecified atom stereocenters. The quantitative estimate of drug-likeness (QED) is 0.693. The number of ether oxygens (including phenoxy) is 1. The van der Waals surface area contributed by atoms with Gasteiger partial charge in [-0.05, 0) is 12.1 Å². The van der Waals surface area contributed by atoms with Gasteiger partial charge < -0.3 is 4.74 Å². The summed E-state index contributed by atoms with van der Waals surface area (Å²) in [5, 5.41) is 0. The van der Waals surface area contributed by atoms with Crippen molar-refractivity contribution < 1.29 is 4.74 Å². The Balaban J connectivity index is 2.29. The standard InChI is InChI=1S/C12H8N3OS/c1-16-12-8(9-6-13-4-5-14-9)2-3-10-11(12)15-7-17-10/h2-6H,1H3. The summed E-state index contributed by atoms with van der Waals surface area (Å²) in [5.41, 5.74) is 5.36. The molecule has 0 fully saturated rings. The van der Waals surface area contributed by atoms with Crippen LogP contribution in [0, 0.1) is 5.51 Å². The Hall–Kier alpha value is -2.01. The van der Waals surface area contributed by atoms with Crippen molar-refractivity contribution in [3.63, 3.8) is 0 Å². The predicted molar refractivity (Wildman–Crippen MR) is 66.0 cm³/mol. The SMILES string of the molecule is COc1c(-c2cnccn2)ccc2s[c]nc12. The highest BCUT2D eigenvalue weighted by Gasteiger charge is 2.13. The highest BCUT2D eigenvalue weighted by Crippen LogP contribution is 2.35. The molecule has 2 heterocycles. The number of methoxy groups -OCH3 is 1. The molecule has 1 radical (unpaired) electrons. The molecule has 0 spiro atoms. The molecule has 0 aliphatic rings. The molecule has 0 aliphatic carbocycles. The van der Waals surface area contributed by atoms with Gasteiger partial charge in [0.1, 0.15) is 5.52 Å². The molecular weight excluding hydrogens is 234 g/mol. The van der Waals surface area contributed by atoms with Crippen LogP contribution in [-0.2, 0) is 0 Å². The fourth-order valence-electron chi connectivity index (χ4n) is 1.71. The van der Waals surface area contributed by atoms with E-state index >= 15 is 0 Å². The zero-order valence-corrected chi connectivity index (χ0v) is 9.86. The van der Waals surface area contributed by atoms with Crippen LogP contribution in [0.5, 0.6) is 5.75 Å². The second-order valence-electron chi connectivity index (χ2n) is 3.39. The topological polar surface area (TPSA) is 47.9 Å². The molecule has 17 heavy (non-hydrogen) atoms. The Kier molecular flexibility index (Phi) is 2.45. The zero-order chi connectivity index (χ0) is 11.7. The van der Waals surface area contributed by atoms with Crippen molar-refractivity contribution in [1.82, 2.24) is 15.0 Å². The van der Waals surface area contributed by atoms with E-state index < -0.39 is 0 Å². The van der Waals surface area contributed by atoms with Gasteiger partial charge in [0, 0.05) is 18.0 Å². The minimum absolute atomic E-state index is 0.723. The van der Waals surface area contributed by atoms with Crippen LogP contribution >= 0.6 is 11.3 Å². The minimum atomic E-state index is 0.723. The first-order valence-electron chi connectivity index (χ1n) is 5.00. The molecule has 0 aliphatic heterocycles. The van der Waals surface area contributed by atoms with Crippen LogP contribution in [0.3, 0.4) is 0 Å². The number of nitrogens with zero attached hydrogens (tertiary/aromatic N) is 3. The van der Waals surface area contributed by atoms with Crippen LogP contribution < -0.4 is 4.74 Å². The summed E-state index contributed by atoms with van der Waals surface area (Å²) in [7, 11) is 1.63. The van der Waals surface area contributed by atoms with Gasteiger partial charge >= 0.3 is 0 Å². The Labute approximate surface area is 102 Å². The fraction of sp³-hybridized carbons (Fsp3) is 0.0833. The van der Waals surface area contributed by atoms with Crippen LogP contribution in [0.15, 0.2) is 30.7 Å². The second-order valence-corrected chi connectivity index (χ2v) is 4.22. The molecular formula is C12H8N3OS. The highest BCUT2D eigenvalue weighted by molar-refractivity contribution is 7.16. The van der Waals surface area contributed by atoms with E-state index in [2.05, 4.69) is 20.5 Å². The Morgan fingerprint density at radius 3 is 3.00 bits per heavy atom. The molecule has 0 saturated carbocycles. The van der Waals surface area contributed by atoms with Crippen molar-refractivity contribution in [3.8, 4) is 17.0 Å². The smallest absolute Gasteiger partial charge is 0.155 e. The third-order valence-electron chi connectivity index (χ3n) is 2.45. The van der Waals surface area contributed by atoms with Crippen molar-refractivity contribution in [2.45, 2.75) is 0 Å². The molecule has 0 amide bonds. The summed E-state index contributed by atoms with van der Waals surface area (Å²) in [4.78, 5) is 12.5. The molecule has 0 saturated heterocycles. The van der Waals surface area contributed by atoms with Gasteiger partial charge in [-0.25, -0.2) is 4.98 Å². The Morgan fingerprint density at radius 2 is 2.24 bits per heavy atom. The first-order chi connectivity index (χ1) is 8.40. The largest absolute Gasteiger partial charge is 0.494 e. The summed E-state index contributed by atoms with van der Waals surface area (Å²) < 4.78 is 6.48. The van der Waals surface area contributed by atoms with Crippen LogP contribution in [0.2, 0.25) is 0 Å². The maximum absolute atomic E-state index is 5.43. The van der Waals surface area contributed by atoms with Gasteiger partial charge in [-0.15, -0.1) is 11.3 Å². The lowest BCUT2D eigenvalue weighted by Crippen LogP contribution is -1.91. The number of benzene rings is 1. The minimum Gasteiger partial charge on any atom is -0.494 e. The van der Waals surface area contributed by atoms with Crippen molar-refractivity contribution in [2.24, 2.45) is 0 Å². The third-order valence-corrected chi connectivity index (χ3v) is 3.18. The van der Waals surface area contributed by atoms with Crippen molar-refractivity contribution in [1.29, 1.82) is 0 Å². The summed E-state index contributed by atoms with van der Waals surface area (Å²) in [6, 6.07) is 3.97. The van der Waals surface area contributed by atoms with Crippen LogP contribution in [0.4, 0.5) is 0 Å². The molecule has 0 atom stereocenters. The van der Waals surface area contributed by atoms with Crippen LogP contribution in [0.25, 0.3) is 21.5 Å². The van der Waals surface area contributed by atoms with E-state index in [1.807, 2.05) is 12.1 Å². The van der Waals surface area contributed by atoms with E-state index in [4.69, 9.17) is 4.74 Å². The summed E-state index contributed by atoms with van der Waals surface area (Å²) in [5.74, 6) is 0.723. The molecule has 0 bridgehead atoms. The van der Waals surface area contributed by atoms with Crippen molar-refractivity contribution >= 4 is 21.6 Å². The average molecular weight is 242 g/mol. The van der Waals surface area contributed by atoms with E-state index in [9.17, 15) is 0 Å². The monoisotopic (exact) mass is 242 g/mol. The molecule has 4 nitrogen and oxygen atoms in total. The predicted octanol–water partition coefficient (Wildman–Crippen LogP) is 2.56. The summed E-state index contributed by atoms with van der Waals surface area (Å²) in [6.07, 6.45) is 5.01. The van der Waals surface area contributed by atoms with E-state index in [0.717, 1.165) is 27.2 Å². The zero-order valence-electron chi connectivity index (χ0n) is 9.04. The normalized spacial score (nSPS) is 10.6. The number of rotatable bonds is 2. The molecule has 5 heteroatoms. The Bertz CT molecular complexity index is 651. The van der Waals surface area contributed by atoms with Crippen molar-refractivity contribution in [2.75, 3.05) is 7.11 Å². The molecule has 3 aromatic rings. The highest BCUT2D eigenvalue weighted by atomic mass is 32.1. The Morgan fingerprint density at radius 1 is 1.29 bits per heavy atom. The lowest BCUT2D eigenvalue weighted by Gasteiger charge is -2.07. The molecule has 83 valence electrons. The number of thiazole rings is 1. The van der Waals surface area contributed by atoms with Crippen LogP contribution in [-0.4, -0.2) is 22.1 Å². The summed E-state index contributed by atoms with van der Waals surface area (Å²) in [6.45, 7) is 0. The number of hydrogen-bond donors (Lipinski definition) is 0. The average Bonchev–Trinajstić information content (AvgIpc) is 2.86. The lowest BCUT2D eigenvalue weighted by molar-refractivity contribution is 0.420. The van der Waals surface area contributed by atoms with Gasteiger partial charge in [-0.3, -0.25) is 9.97 Å². The fourth-order valence-corrected chi connectivity index (χ4v) is 2.31. The molecule has 0 N–H and O–H groups in total. The van der Waals surface area contributed by atoms with Gasteiger partial charge in [-0.2, -0.15) is 0 Å². The third kappa shape index (κ3) is 1.64. The maximum Gasteiger partial charge on any atom is 0.155 e. The number of fused-ring (bicyclic) bond motifs is 1. The van der Waals surface area contributed by atoms with E-state index in [0.29, 0.717) is 0 Å². The number of aromatic nitrogens is 3. The second kappa shape index (κ2) is 4.10. The van der Waals surface area contributed by atoms with Gasteiger partial charge in [0.05, 0.1) is 23.7 Å². The van der Waals surface area contributed by atoms with Gasteiger partial charge in [0.15, 0.2) is 11.3 Å². The first-order valence-corrected chi connectivity index (χ1v) is 5.82. The van der Waals surface area contributed by atoms with E-state index in [1.165, 1.54) is 11.3 Å². The first kappa shape index (κ1) is 10.2. The van der Waals surface area contributed by atoms with E-state index in [-0.39, 0.29) is 0 Å². The number of hydrogen-bond acceptors (Lipinski definition) is 5. The van der Waals surface area contributed by atoms with Gasteiger partial charge in [0.25, 0.3) is 0 Å². The van der Waals surface area contributed by atoms with Crippen LogP contribution in [0.1, 0.15) is 0 Å². The van der Waals surface area contributed by atoms with Gasteiger partial charge in [0.2, 0.25) is 0 Å².